The first-order valence-electron chi connectivity index (χ1n) is 6.31. The molecular formula is C16H15NO4. The van der Waals surface area contributed by atoms with E-state index in [0.717, 1.165) is 0 Å². The fourth-order valence-electron chi connectivity index (χ4n) is 1.80. The number of para-hydroxylation sites is 2. The average Bonchev–Trinajstić information content (AvgIpc) is 2.54. The molecule has 0 bridgehead atoms. The third-order valence-electron chi connectivity index (χ3n) is 2.89. The maximum atomic E-state index is 12.1. The van der Waals surface area contributed by atoms with Crippen LogP contribution < -0.4 is 9.64 Å². The van der Waals surface area contributed by atoms with E-state index in [1.807, 2.05) is 6.07 Å². The molecule has 21 heavy (non-hydrogen) atoms. The van der Waals surface area contributed by atoms with Crippen molar-refractivity contribution >= 4 is 17.7 Å². The third kappa shape index (κ3) is 3.39. The lowest BCUT2D eigenvalue weighted by molar-refractivity contribution is 0.0601. The van der Waals surface area contributed by atoms with Crippen molar-refractivity contribution in [3.05, 3.63) is 60.2 Å². The van der Waals surface area contributed by atoms with Crippen molar-refractivity contribution in [2.45, 2.75) is 0 Å². The van der Waals surface area contributed by atoms with Gasteiger partial charge in [-0.15, -0.1) is 0 Å². The molecule has 0 atom stereocenters. The monoisotopic (exact) mass is 285 g/mol. The zero-order valence-corrected chi connectivity index (χ0v) is 11.8. The van der Waals surface area contributed by atoms with Gasteiger partial charge >= 0.3 is 12.1 Å². The Morgan fingerprint density at radius 2 is 1.57 bits per heavy atom. The normalized spacial score (nSPS) is 9.81. The number of rotatable bonds is 3. The second-order valence-corrected chi connectivity index (χ2v) is 4.25. The van der Waals surface area contributed by atoms with Crippen LogP contribution in [0.1, 0.15) is 10.4 Å². The van der Waals surface area contributed by atoms with E-state index in [1.165, 1.54) is 19.1 Å². The summed E-state index contributed by atoms with van der Waals surface area (Å²) in [6.07, 6.45) is -0.586. The fourth-order valence-corrected chi connectivity index (χ4v) is 1.80. The van der Waals surface area contributed by atoms with Gasteiger partial charge in [0.25, 0.3) is 0 Å². The molecule has 0 spiro atoms. The molecule has 0 aliphatic heterocycles. The highest BCUT2D eigenvalue weighted by Gasteiger charge is 2.20. The molecule has 2 aromatic rings. The van der Waals surface area contributed by atoms with Crippen molar-refractivity contribution in [3.8, 4) is 5.75 Å². The van der Waals surface area contributed by atoms with Gasteiger partial charge in [0.05, 0.1) is 18.4 Å². The topological polar surface area (TPSA) is 55.8 Å². The number of methoxy groups -OCH3 is 1. The van der Waals surface area contributed by atoms with Gasteiger partial charge in [0.2, 0.25) is 0 Å². The number of hydrogen-bond acceptors (Lipinski definition) is 4. The SMILES string of the molecule is COC(=O)c1ccccc1N(C)C(=O)Oc1ccccc1. The van der Waals surface area contributed by atoms with Crippen molar-refractivity contribution < 1.29 is 19.1 Å². The summed E-state index contributed by atoms with van der Waals surface area (Å²) in [5.74, 6) is -0.0742. The molecule has 0 N–H and O–H groups in total. The lowest BCUT2D eigenvalue weighted by Crippen LogP contribution is -2.30. The van der Waals surface area contributed by atoms with E-state index in [4.69, 9.17) is 9.47 Å². The van der Waals surface area contributed by atoms with Crippen LogP contribution in [0.4, 0.5) is 10.5 Å². The maximum Gasteiger partial charge on any atom is 0.419 e. The predicted octanol–water partition coefficient (Wildman–Crippen LogP) is 3.11. The van der Waals surface area contributed by atoms with E-state index in [2.05, 4.69) is 0 Å². The summed E-state index contributed by atoms with van der Waals surface area (Å²) in [4.78, 5) is 25.1. The number of hydrogen-bond donors (Lipinski definition) is 0. The van der Waals surface area contributed by atoms with E-state index in [0.29, 0.717) is 17.0 Å². The number of ether oxygens (including phenoxy) is 2. The Balaban J connectivity index is 2.22. The highest BCUT2D eigenvalue weighted by atomic mass is 16.6. The number of anilines is 1. The molecule has 0 heterocycles. The zero-order chi connectivity index (χ0) is 15.2. The van der Waals surface area contributed by atoms with E-state index >= 15 is 0 Å². The first-order valence-corrected chi connectivity index (χ1v) is 6.31. The Kier molecular flexibility index (Phi) is 4.56. The van der Waals surface area contributed by atoms with Crippen molar-refractivity contribution in [1.82, 2.24) is 0 Å². The molecule has 0 fully saturated rings. The number of benzene rings is 2. The largest absolute Gasteiger partial charge is 0.465 e. The summed E-state index contributed by atoms with van der Waals surface area (Å²) in [5, 5.41) is 0. The van der Waals surface area contributed by atoms with Crippen molar-refractivity contribution in [1.29, 1.82) is 0 Å². The van der Waals surface area contributed by atoms with Crippen LogP contribution in [-0.2, 0) is 4.74 Å². The molecular weight excluding hydrogens is 270 g/mol. The summed E-state index contributed by atoms with van der Waals surface area (Å²) in [6.45, 7) is 0. The van der Waals surface area contributed by atoms with Crippen LogP contribution in [0.5, 0.6) is 5.75 Å². The van der Waals surface area contributed by atoms with Gasteiger partial charge in [-0.2, -0.15) is 0 Å². The average molecular weight is 285 g/mol. The quantitative estimate of drug-likeness (QED) is 0.813. The molecule has 2 aromatic carbocycles. The van der Waals surface area contributed by atoms with Crippen LogP contribution in [0, 0.1) is 0 Å². The first-order chi connectivity index (χ1) is 10.1. The van der Waals surface area contributed by atoms with E-state index in [9.17, 15) is 9.59 Å². The van der Waals surface area contributed by atoms with Crippen molar-refractivity contribution in [2.24, 2.45) is 0 Å². The highest BCUT2D eigenvalue weighted by molar-refractivity contribution is 6.00. The number of esters is 1. The number of amides is 1. The van der Waals surface area contributed by atoms with Crippen LogP contribution >= 0.6 is 0 Å². The molecule has 0 saturated carbocycles. The number of nitrogens with zero attached hydrogens (tertiary/aromatic N) is 1. The molecule has 0 unspecified atom stereocenters. The standard InChI is InChI=1S/C16H15NO4/c1-17(16(19)21-12-8-4-3-5-9-12)14-11-7-6-10-13(14)15(18)20-2/h3-11H,1-2H3. The van der Waals surface area contributed by atoms with E-state index in [-0.39, 0.29) is 0 Å². The summed E-state index contributed by atoms with van der Waals surface area (Å²) in [6, 6.07) is 15.4. The minimum Gasteiger partial charge on any atom is -0.465 e. The van der Waals surface area contributed by atoms with Crippen molar-refractivity contribution in [3.63, 3.8) is 0 Å². The van der Waals surface area contributed by atoms with Gasteiger partial charge in [-0.3, -0.25) is 4.90 Å². The second-order valence-electron chi connectivity index (χ2n) is 4.25. The molecule has 0 aliphatic carbocycles. The lowest BCUT2D eigenvalue weighted by Gasteiger charge is -2.19. The molecule has 108 valence electrons. The van der Waals surface area contributed by atoms with Crippen LogP contribution in [0.15, 0.2) is 54.6 Å². The Morgan fingerprint density at radius 3 is 2.24 bits per heavy atom. The summed E-state index contributed by atoms with van der Waals surface area (Å²) in [7, 11) is 2.83. The molecule has 2 rings (SSSR count). The van der Waals surface area contributed by atoms with Crippen LogP contribution in [0.3, 0.4) is 0 Å². The summed E-state index contributed by atoms with van der Waals surface area (Å²) in [5.41, 5.74) is 0.720. The minimum absolute atomic E-state index is 0.299. The van der Waals surface area contributed by atoms with Crippen LogP contribution in [0.25, 0.3) is 0 Å². The van der Waals surface area contributed by atoms with E-state index < -0.39 is 12.1 Å². The molecule has 0 aromatic heterocycles. The molecule has 1 amide bonds. The van der Waals surface area contributed by atoms with Gasteiger partial charge in [0.15, 0.2) is 0 Å². The number of carbonyl (C=O) groups excluding carboxylic acids is 2. The van der Waals surface area contributed by atoms with Gasteiger partial charge in [0, 0.05) is 7.05 Å². The van der Waals surface area contributed by atoms with Gasteiger partial charge in [0.1, 0.15) is 5.75 Å². The van der Waals surface area contributed by atoms with Gasteiger partial charge < -0.3 is 9.47 Å². The van der Waals surface area contributed by atoms with Gasteiger partial charge in [-0.05, 0) is 24.3 Å². The van der Waals surface area contributed by atoms with Crippen molar-refractivity contribution in [2.75, 3.05) is 19.1 Å². The summed E-state index contributed by atoms with van der Waals surface area (Å²) < 4.78 is 9.94. The molecule has 5 heteroatoms. The Bertz CT molecular complexity index is 640. The number of carbonyl (C=O) groups is 2. The second kappa shape index (κ2) is 6.56. The predicted molar refractivity (Wildman–Crippen MR) is 78.7 cm³/mol. The van der Waals surface area contributed by atoms with E-state index in [1.54, 1.807) is 48.5 Å². The minimum atomic E-state index is -0.586. The Labute approximate surface area is 122 Å². The lowest BCUT2D eigenvalue weighted by atomic mass is 10.1. The molecule has 5 nitrogen and oxygen atoms in total. The maximum absolute atomic E-state index is 12.1. The van der Waals surface area contributed by atoms with Gasteiger partial charge in [-0.25, -0.2) is 9.59 Å². The molecule has 0 saturated heterocycles. The third-order valence-corrected chi connectivity index (χ3v) is 2.89. The smallest absolute Gasteiger partial charge is 0.419 e. The highest BCUT2D eigenvalue weighted by Crippen LogP contribution is 2.21. The molecule has 0 radical (unpaired) electrons. The zero-order valence-electron chi connectivity index (χ0n) is 11.8. The fraction of sp³-hybridized carbons (Fsp3) is 0.125. The Morgan fingerprint density at radius 1 is 0.952 bits per heavy atom. The summed E-state index contributed by atoms with van der Waals surface area (Å²) >= 11 is 0. The Hall–Kier alpha value is -2.82. The van der Waals surface area contributed by atoms with Crippen LogP contribution in [-0.4, -0.2) is 26.2 Å². The first kappa shape index (κ1) is 14.6. The van der Waals surface area contributed by atoms with Gasteiger partial charge in [-0.1, -0.05) is 30.3 Å². The molecule has 0 aliphatic rings. The van der Waals surface area contributed by atoms with Crippen LogP contribution in [0.2, 0.25) is 0 Å².